The van der Waals surface area contributed by atoms with Crippen molar-refractivity contribution in [2.24, 2.45) is 11.8 Å². The summed E-state index contributed by atoms with van der Waals surface area (Å²) in [6.07, 6.45) is 0.209. The molecule has 0 spiro atoms. The second-order valence-electron chi connectivity index (χ2n) is 6.39. The molecule has 0 unspecified atom stereocenters. The Morgan fingerprint density at radius 2 is 1.73 bits per heavy atom. The summed E-state index contributed by atoms with van der Waals surface area (Å²) in [7, 11) is 0. The number of hydrogen-bond donors (Lipinski definition) is 1. The summed E-state index contributed by atoms with van der Waals surface area (Å²) >= 11 is 0. The van der Waals surface area contributed by atoms with E-state index in [2.05, 4.69) is 5.32 Å². The molecular weight excluding hydrogens is 349 g/mol. The minimum absolute atomic E-state index is 0.118. The average Bonchev–Trinajstić information content (AvgIpc) is 2.85. The Kier molecular flexibility index (Phi) is 4.84. The summed E-state index contributed by atoms with van der Waals surface area (Å²) in [6, 6.07) is 4.62. The maximum atomic E-state index is 12.7. The number of imide groups is 1. The molecule has 1 aromatic carbocycles. The third-order valence-electron chi connectivity index (χ3n) is 4.64. The molecule has 26 heavy (non-hydrogen) atoms. The summed E-state index contributed by atoms with van der Waals surface area (Å²) in [4.78, 5) is 37.6. The number of halogens is 3. The van der Waals surface area contributed by atoms with Crippen LogP contribution in [0.1, 0.15) is 24.0 Å². The Morgan fingerprint density at radius 3 is 2.31 bits per heavy atom. The molecule has 5 nitrogen and oxygen atoms in total. The lowest BCUT2D eigenvalue weighted by molar-refractivity contribution is -0.143. The quantitative estimate of drug-likeness (QED) is 0.657. The first-order valence-electron chi connectivity index (χ1n) is 8.20. The van der Waals surface area contributed by atoms with Gasteiger partial charge in [0.2, 0.25) is 17.7 Å². The van der Waals surface area contributed by atoms with E-state index in [0.29, 0.717) is 12.8 Å². The fourth-order valence-corrected chi connectivity index (χ4v) is 3.28. The first-order chi connectivity index (χ1) is 12.3. The third-order valence-corrected chi connectivity index (χ3v) is 4.64. The van der Waals surface area contributed by atoms with E-state index in [1.807, 2.05) is 12.2 Å². The van der Waals surface area contributed by atoms with Crippen molar-refractivity contribution >= 4 is 17.7 Å². The van der Waals surface area contributed by atoms with Gasteiger partial charge in [0.1, 0.15) is 6.54 Å². The van der Waals surface area contributed by atoms with Gasteiger partial charge in [0.15, 0.2) is 0 Å². The summed E-state index contributed by atoms with van der Waals surface area (Å²) in [6.45, 7) is -0.531. The van der Waals surface area contributed by atoms with E-state index in [4.69, 9.17) is 0 Å². The third kappa shape index (κ3) is 3.63. The van der Waals surface area contributed by atoms with Crippen LogP contribution in [0.15, 0.2) is 36.4 Å². The second-order valence-corrected chi connectivity index (χ2v) is 6.39. The van der Waals surface area contributed by atoms with Gasteiger partial charge in [-0.2, -0.15) is 13.2 Å². The first-order valence-corrected chi connectivity index (χ1v) is 8.20. The maximum absolute atomic E-state index is 12.7. The van der Waals surface area contributed by atoms with Gasteiger partial charge in [-0.25, -0.2) is 0 Å². The number of hydrogen-bond acceptors (Lipinski definition) is 3. The van der Waals surface area contributed by atoms with Gasteiger partial charge in [0, 0.05) is 6.54 Å². The fourth-order valence-electron chi connectivity index (χ4n) is 3.28. The number of carbonyl (C=O) groups is 3. The Morgan fingerprint density at radius 1 is 1.12 bits per heavy atom. The Balaban J connectivity index is 1.58. The molecule has 1 fully saturated rings. The van der Waals surface area contributed by atoms with Crippen molar-refractivity contribution in [3.05, 3.63) is 47.5 Å². The predicted octanol–water partition coefficient (Wildman–Crippen LogP) is 2.27. The molecule has 0 saturated carbocycles. The van der Waals surface area contributed by atoms with Gasteiger partial charge < -0.3 is 5.32 Å². The van der Waals surface area contributed by atoms with E-state index in [1.54, 1.807) is 0 Å². The lowest BCUT2D eigenvalue weighted by Gasteiger charge is -2.15. The smallest absolute Gasteiger partial charge is 0.350 e. The van der Waals surface area contributed by atoms with Crippen LogP contribution in [0.25, 0.3) is 0 Å². The number of benzene rings is 1. The largest absolute Gasteiger partial charge is 0.416 e. The van der Waals surface area contributed by atoms with Crippen molar-refractivity contribution in [1.29, 1.82) is 0 Å². The molecule has 3 amide bonds. The molecule has 1 aromatic rings. The van der Waals surface area contributed by atoms with Crippen molar-refractivity contribution in [1.82, 2.24) is 10.2 Å². The number of nitrogens with zero attached hydrogens (tertiary/aromatic N) is 1. The highest BCUT2D eigenvalue weighted by Crippen LogP contribution is 2.34. The van der Waals surface area contributed by atoms with Gasteiger partial charge in [-0.15, -0.1) is 0 Å². The van der Waals surface area contributed by atoms with Gasteiger partial charge >= 0.3 is 6.18 Å². The molecule has 1 saturated heterocycles. The van der Waals surface area contributed by atoms with E-state index < -0.39 is 36.0 Å². The number of likely N-dealkylation sites (tertiary alicyclic amines) is 1. The van der Waals surface area contributed by atoms with Crippen LogP contribution in [0.5, 0.6) is 0 Å². The SMILES string of the molecule is O=C(CN1C(=O)[C@H]2CC=CC[C@H]2C1=O)NCc1cccc(C(F)(F)F)c1. The lowest BCUT2D eigenvalue weighted by atomic mass is 9.85. The fraction of sp³-hybridized carbons (Fsp3) is 0.389. The van der Waals surface area contributed by atoms with Gasteiger partial charge in [0.25, 0.3) is 0 Å². The van der Waals surface area contributed by atoms with Crippen LogP contribution in [-0.4, -0.2) is 29.2 Å². The van der Waals surface area contributed by atoms with Crippen LogP contribution in [0, 0.1) is 11.8 Å². The van der Waals surface area contributed by atoms with Gasteiger partial charge in [-0.05, 0) is 30.5 Å². The highest BCUT2D eigenvalue weighted by molar-refractivity contribution is 6.07. The number of amides is 3. The zero-order chi connectivity index (χ0) is 18.9. The van der Waals surface area contributed by atoms with Crippen LogP contribution in [0.4, 0.5) is 13.2 Å². The number of fused-ring (bicyclic) bond motifs is 1. The summed E-state index contributed by atoms with van der Waals surface area (Å²) in [5.74, 6) is -2.14. The Labute approximate surface area is 147 Å². The summed E-state index contributed by atoms with van der Waals surface area (Å²) in [5.41, 5.74) is -0.518. The van der Waals surface area contributed by atoms with E-state index in [0.717, 1.165) is 17.0 Å². The number of nitrogens with one attached hydrogen (secondary N) is 1. The average molecular weight is 366 g/mol. The predicted molar refractivity (Wildman–Crippen MR) is 85.4 cm³/mol. The van der Waals surface area contributed by atoms with Crippen LogP contribution in [0.3, 0.4) is 0 Å². The lowest BCUT2D eigenvalue weighted by Crippen LogP contribution is -2.40. The van der Waals surface area contributed by atoms with Crippen LogP contribution in [0.2, 0.25) is 0 Å². The van der Waals surface area contributed by atoms with Gasteiger partial charge in [-0.1, -0.05) is 24.3 Å². The molecule has 1 aliphatic carbocycles. The summed E-state index contributed by atoms with van der Waals surface area (Å²) in [5, 5.41) is 2.46. The number of alkyl halides is 3. The molecule has 2 atom stereocenters. The van der Waals surface area contributed by atoms with E-state index in [1.165, 1.54) is 12.1 Å². The van der Waals surface area contributed by atoms with E-state index in [9.17, 15) is 27.6 Å². The zero-order valence-corrected chi connectivity index (χ0v) is 13.8. The molecule has 0 radical (unpaired) electrons. The van der Waals surface area contributed by atoms with Crippen LogP contribution < -0.4 is 5.32 Å². The molecule has 1 aliphatic heterocycles. The maximum Gasteiger partial charge on any atom is 0.416 e. The number of rotatable bonds is 4. The highest BCUT2D eigenvalue weighted by atomic mass is 19.4. The molecule has 1 heterocycles. The van der Waals surface area contributed by atoms with E-state index in [-0.39, 0.29) is 23.9 Å². The zero-order valence-electron chi connectivity index (χ0n) is 13.8. The number of allylic oxidation sites excluding steroid dienone is 2. The molecule has 3 rings (SSSR count). The highest BCUT2D eigenvalue weighted by Gasteiger charge is 2.47. The van der Waals surface area contributed by atoms with Crippen molar-refractivity contribution in [2.45, 2.75) is 25.6 Å². The monoisotopic (exact) mass is 366 g/mol. The van der Waals surface area contributed by atoms with Crippen LogP contribution >= 0.6 is 0 Å². The van der Waals surface area contributed by atoms with Crippen molar-refractivity contribution < 1.29 is 27.6 Å². The van der Waals surface area contributed by atoms with Gasteiger partial charge in [0.05, 0.1) is 17.4 Å². The van der Waals surface area contributed by atoms with Crippen molar-refractivity contribution in [2.75, 3.05) is 6.54 Å². The minimum Gasteiger partial charge on any atom is -0.350 e. The van der Waals surface area contributed by atoms with Gasteiger partial charge in [-0.3, -0.25) is 19.3 Å². The Hall–Kier alpha value is -2.64. The molecule has 138 valence electrons. The standard InChI is InChI=1S/C18H17F3N2O3/c19-18(20,21)12-5-3-4-11(8-12)9-22-15(24)10-23-16(25)13-6-1-2-7-14(13)17(23)26/h1-5,8,13-14H,6-7,9-10H2,(H,22,24)/t13-,14+. The van der Waals surface area contributed by atoms with Crippen molar-refractivity contribution in [3.8, 4) is 0 Å². The second kappa shape index (κ2) is 6.93. The van der Waals surface area contributed by atoms with Crippen molar-refractivity contribution in [3.63, 3.8) is 0 Å². The molecule has 0 aromatic heterocycles. The first kappa shape index (κ1) is 18.2. The summed E-state index contributed by atoms with van der Waals surface area (Å²) < 4.78 is 38.1. The topological polar surface area (TPSA) is 66.5 Å². The Bertz CT molecular complexity index is 747. The van der Waals surface area contributed by atoms with E-state index >= 15 is 0 Å². The molecular formula is C18H17F3N2O3. The minimum atomic E-state index is -4.46. The van der Waals surface area contributed by atoms with Crippen LogP contribution in [-0.2, 0) is 27.1 Å². The number of carbonyl (C=O) groups excluding carboxylic acids is 3. The molecule has 0 bridgehead atoms. The molecule has 1 N–H and O–H groups in total. The molecule has 8 heteroatoms. The normalized spacial score (nSPS) is 22.5. The molecule has 2 aliphatic rings.